The third-order valence-corrected chi connectivity index (χ3v) is 6.00. The molecule has 3 aromatic carbocycles. The molecule has 270 valence electrons. The Bertz CT molecular complexity index is 1600. The summed E-state index contributed by atoms with van der Waals surface area (Å²) < 4.78 is 1.41. The van der Waals surface area contributed by atoms with Crippen molar-refractivity contribution >= 4 is 17.3 Å². The molecule has 0 unspecified atom stereocenters. The number of carboxylic acid groups (broad SMARTS) is 1. The quantitative estimate of drug-likeness (QED) is 0.111. The number of carboxylic acids is 1. The molecule has 0 aliphatic rings. The topological polar surface area (TPSA) is 305 Å². The van der Waals surface area contributed by atoms with Gasteiger partial charge in [0.1, 0.15) is 5.69 Å². The third-order valence-electron chi connectivity index (χ3n) is 6.00. The van der Waals surface area contributed by atoms with Gasteiger partial charge in [-0.2, -0.15) is 0 Å². The number of aromatic hydroxyl groups is 1. The van der Waals surface area contributed by atoms with Crippen LogP contribution in [0.4, 0.5) is 11.4 Å². The Morgan fingerprint density at radius 1 is 0.755 bits per heavy atom. The number of rotatable bonds is 9. The van der Waals surface area contributed by atoms with Gasteiger partial charge in [-0.25, -0.2) is 9.48 Å². The van der Waals surface area contributed by atoms with E-state index in [1.807, 2.05) is 32.0 Å². The van der Waals surface area contributed by atoms with Crippen molar-refractivity contribution in [3.05, 3.63) is 93.4 Å². The Balaban J connectivity index is 0.00000121. The van der Waals surface area contributed by atoms with Gasteiger partial charge in [-0.05, 0) is 67.8 Å². The highest BCUT2D eigenvalue weighted by Gasteiger charge is 2.15. The van der Waals surface area contributed by atoms with Gasteiger partial charge in [-0.1, -0.05) is 30.3 Å². The smallest absolute Gasteiger partial charge is 0.335 e. The number of aromatic nitrogens is 2. The highest BCUT2D eigenvalue weighted by molar-refractivity contribution is 5.90. The van der Waals surface area contributed by atoms with Crippen molar-refractivity contribution in [2.24, 2.45) is 33.2 Å². The normalized spacial score (nSPS) is 10.0. The van der Waals surface area contributed by atoms with Crippen LogP contribution in [-0.4, -0.2) is 99.0 Å². The first-order valence-corrected chi connectivity index (χ1v) is 15.1. The number of benzene rings is 3. The molecule has 16 nitrogen and oxygen atoms in total. The zero-order chi connectivity index (χ0) is 37.4. The van der Waals surface area contributed by atoms with Crippen LogP contribution in [0.3, 0.4) is 0 Å². The fourth-order valence-corrected chi connectivity index (χ4v) is 3.47. The molecule has 0 radical (unpaired) electrons. The number of carbonyl (C=O) groups is 1. The average Bonchev–Trinajstić information content (AvgIpc) is 3.41. The molecule has 1 aromatic heterocycles. The Kier molecular flexibility index (Phi) is 22.8. The van der Waals surface area contributed by atoms with E-state index in [4.69, 9.17) is 43.4 Å². The van der Waals surface area contributed by atoms with Gasteiger partial charge in [0.05, 0.1) is 43.4 Å². The Labute approximate surface area is 285 Å². The van der Waals surface area contributed by atoms with Gasteiger partial charge in [0.15, 0.2) is 11.4 Å². The highest BCUT2D eigenvalue weighted by Crippen LogP contribution is 2.38. The van der Waals surface area contributed by atoms with Crippen LogP contribution in [-0.2, 0) is 0 Å². The number of para-hydroxylation sites is 1. The number of azo groups is 1. The molecular formula is C33H50N8O8. The van der Waals surface area contributed by atoms with E-state index in [0.717, 1.165) is 11.1 Å². The maximum absolute atomic E-state index is 12.9. The summed E-state index contributed by atoms with van der Waals surface area (Å²) in [5, 5.41) is 62.2. The molecule has 0 saturated carbocycles. The minimum atomic E-state index is -1.06. The molecule has 0 bridgehead atoms. The summed E-state index contributed by atoms with van der Waals surface area (Å²) in [6.07, 6.45) is 0. The Morgan fingerprint density at radius 3 is 1.78 bits per heavy atom. The van der Waals surface area contributed by atoms with Crippen LogP contribution in [0.5, 0.6) is 5.75 Å². The second-order valence-corrected chi connectivity index (χ2v) is 9.80. The monoisotopic (exact) mass is 686 g/mol. The Hall–Kier alpha value is -4.78. The van der Waals surface area contributed by atoms with E-state index in [1.165, 1.54) is 16.8 Å². The fraction of sp³-hybridized carbons (Fsp3) is 0.333. The maximum Gasteiger partial charge on any atom is 0.335 e. The van der Waals surface area contributed by atoms with Crippen LogP contribution < -0.4 is 28.5 Å². The minimum Gasteiger partial charge on any atom is -0.505 e. The summed E-state index contributed by atoms with van der Waals surface area (Å²) in [5.74, 6) is -1.22. The van der Waals surface area contributed by atoms with Crippen LogP contribution in [0.2, 0.25) is 0 Å². The van der Waals surface area contributed by atoms with Crippen molar-refractivity contribution in [1.29, 1.82) is 0 Å². The number of phenols is 1. The summed E-state index contributed by atoms with van der Waals surface area (Å²) in [7, 11) is 0. The van der Waals surface area contributed by atoms with E-state index in [-0.39, 0.29) is 54.7 Å². The number of phenolic OH excluding ortho intramolecular Hbond substituents is 1. The zero-order valence-corrected chi connectivity index (χ0v) is 28.1. The number of aromatic amines is 1. The van der Waals surface area contributed by atoms with Crippen molar-refractivity contribution in [3.63, 3.8) is 0 Å². The first-order valence-electron chi connectivity index (χ1n) is 15.1. The van der Waals surface area contributed by atoms with Crippen LogP contribution in [0.15, 0.2) is 75.7 Å². The van der Waals surface area contributed by atoms with Crippen LogP contribution >= 0.6 is 0 Å². The number of aliphatic hydroxyl groups excluding tert-OH is 4. The lowest BCUT2D eigenvalue weighted by Crippen LogP contribution is -2.14. The summed E-state index contributed by atoms with van der Waals surface area (Å²) >= 11 is 0. The largest absolute Gasteiger partial charge is 0.505 e. The molecule has 49 heavy (non-hydrogen) atoms. The molecule has 0 atom stereocenters. The van der Waals surface area contributed by atoms with E-state index in [0.29, 0.717) is 48.7 Å². The molecular weight excluding hydrogens is 636 g/mol. The molecule has 0 amide bonds. The van der Waals surface area contributed by atoms with Crippen molar-refractivity contribution in [1.82, 2.24) is 9.78 Å². The number of aliphatic hydroxyl groups is 4. The molecule has 0 saturated heterocycles. The molecule has 4 aromatic rings. The lowest BCUT2D eigenvalue weighted by atomic mass is 10.0. The SMILES string of the molecule is Cc1ccc(-n2[nH]c(C)c(N=Nc3cccc(-c4cccc(C(=O)O)c4)c3O)c2=O)cc1C.NCCO.NCCO.NCCO.NCCO. The minimum absolute atomic E-state index is 0.0972. The van der Waals surface area contributed by atoms with Crippen molar-refractivity contribution in [3.8, 4) is 22.6 Å². The highest BCUT2D eigenvalue weighted by atomic mass is 16.4. The predicted molar refractivity (Wildman–Crippen MR) is 190 cm³/mol. The maximum atomic E-state index is 12.9. The second kappa shape index (κ2) is 25.3. The lowest BCUT2D eigenvalue weighted by molar-refractivity contribution is 0.0697. The van der Waals surface area contributed by atoms with Crippen molar-refractivity contribution in [2.45, 2.75) is 20.8 Å². The number of aromatic carboxylic acids is 1. The van der Waals surface area contributed by atoms with Crippen LogP contribution in [0, 0.1) is 20.8 Å². The van der Waals surface area contributed by atoms with E-state index < -0.39 is 5.97 Å². The van der Waals surface area contributed by atoms with E-state index in [9.17, 15) is 19.8 Å². The van der Waals surface area contributed by atoms with Gasteiger partial charge < -0.3 is 53.6 Å². The van der Waals surface area contributed by atoms with Gasteiger partial charge in [0, 0.05) is 31.7 Å². The first-order chi connectivity index (χ1) is 23.4. The van der Waals surface area contributed by atoms with Crippen molar-refractivity contribution < 1.29 is 35.4 Å². The Morgan fingerprint density at radius 2 is 1.29 bits per heavy atom. The van der Waals surface area contributed by atoms with E-state index >= 15 is 0 Å². The molecule has 0 fully saturated rings. The van der Waals surface area contributed by atoms with Gasteiger partial charge in [-0.15, -0.1) is 10.2 Å². The number of H-pyrrole nitrogens is 1. The third kappa shape index (κ3) is 15.3. The summed E-state index contributed by atoms with van der Waals surface area (Å²) in [6, 6.07) is 16.8. The van der Waals surface area contributed by atoms with Gasteiger partial charge in [0.2, 0.25) is 0 Å². The molecule has 0 spiro atoms. The zero-order valence-electron chi connectivity index (χ0n) is 28.1. The number of nitrogens with zero attached hydrogens (tertiary/aromatic N) is 3. The molecule has 0 aliphatic carbocycles. The first kappa shape index (κ1) is 44.2. The fourth-order valence-electron chi connectivity index (χ4n) is 3.47. The standard InChI is InChI=1S/C25H22N4O4.4C2H7NO/c1-14-10-11-19(12-15(14)2)29-24(31)22(16(3)28-29)27-26-21-9-5-8-20(23(21)30)17-6-4-7-18(13-17)25(32)33;4*3-1-2-4/h4-13,28,30H,1-3H3,(H,32,33);4*4H,1-3H2. The molecule has 0 aliphatic heterocycles. The van der Waals surface area contributed by atoms with Crippen LogP contribution in [0.25, 0.3) is 16.8 Å². The number of hydrogen-bond donors (Lipinski definition) is 11. The molecule has 16 heteroatoms. The van der Waals surface area contributed by atoms with Gasteiger partial charge in [0.25, 0.3) is 5.56 Å². The molecule has 1 heterocycles. The second-order valence-electron chi connectivity index (χ2n) is 9.80. The average molecular weight is 687 g/mol. The van der Waals surface area contributed by atoms with Crippen molar-refractivity contribution in [2.75, 3.05) is 52.6 Å². The summed E-state index contributed by atoms with van der Waals surface area (Å²) in [5.41, 5.74) is 23.5. The van der Waals surface area contributed by atoms with E-state index in [1.54, 1.807) is 37.3 Å². The summed E-state index contributed by atoms with van der Waals surface area (Å²) in [6.45, 7) is 7.59. The lowest BCUT2D eigenvalue weighted by Gasteiger charge is -2.07. The number of nitrogens with two attached hydrogens (primary N) is 4. The molecule has 15 N–H and O–H groups in total. The van der Waals surface area contributed by atoms with Crippen LogP contribution in [0.1, 0.15) is 27.2 Å². The van der Waals surface area contributed by atoms with Gasteiger partial charge in [-0.3, -0.25) is 9.89 Å². The number of nitrogens with one attached hydrogen (secondary N) is 1. The van der Waals surface area contributed by atoms with E-state index in [2.05, 4.69) is 15.3 Å². The number of aryl methyl sites for hydroxylation is 3. The molecule has 4 rings (SSSR count). The number of hydrogen-bond acceptors (Lipinski definition) is 13. The summed E-state index contributed by atoms with van der Waals surface area (Å²) in [4.78, 5) is 24.2. The van der Waals surface area contributed by atoms with Gasteiger partial charge >= 0.3 is 5.97 Å². The predicted octanol–water partition coefficient (Wildman–Crippen LogP) is 1.33.